The topological polar surface area (TPSA) is 129 Å². The molecular weight excluding hydrogens is 262 g/mol. The Morgan fingerprint density at radius 3 is 2.63 bits per heavy atom. The summed E-state index contributed by atoms with van der Waals surface area (Å²) in [7, 11) is 0. The van der Waals surface area contributed by atoms with E-state index < -0.39 is 0 Å². The first kappa shape index (κ1) is 13.0. The van der Waals surface area contributed by atoms with Crippen LogP contribution in [0.25, 0.3) is 10.6 Å². The summed E-state index contributed by atoms with van der Waals surface area (Å²) < 4.78 is 0. The Bertz CT molecular complexity index is 640. The van der Waals surface area contributed by atoms with Crippen molar-refractivity contribution >= 4 is 28.9 Å². The van der Waals surface area contributed by atoms with Gasteiger partial charge in [-0.15, -0.1) is 10.2 Å². The molecule has 0 radical (unpaired) electrons. The van der Waals surface area contributed by atoms with Gasteiger partial charge in [-0.25, -0.2) is 4.99 Å². The van der Waals surface area contributed by atoms with Gasteiger partial charge < -0.3 is 17.2 Å². The molecule has 0 unspecified atom stereocenters. The molecule has 2 rings (SSSR count). The van der Waals surface area contributed by atoms with Crippen LogP contribution in [0.15, 0.2) is 34.3 Å². The van der Waals surface area contributed by atoms with Gasteiger partial charge in [-0.05, 0) is 19.1 Å². The summed E-state index contributed by atoms with van der Waals surface area (Å²) in [6, 6.07) is 7.42. The van der Waals surface area contributed by atoms with E-state index in [1.54, 1.807) is 6.07 Å². The van der Waals surface area contributed by atoms with Gasteiger partial charge in [0.15, 0.2) is 5.96 Å². The van der Waals surface area contributed by atoms with Crippen LogP contribution < -0.4 is 17.2 Å². The summed E-state index contributed by atoms with van der Waals surface area (Å²) in [5.41, 5.74) is 17.6. The molecule has 2 aromatic rings. The minimum absolute atomic E-state index is 0.00518. The molecule has 0 saturated carbocycles. The highest BCUT2D eigenvalue weighted by Gasteiger charge is 2.04. The number of aryl methyl sites for hydroxylation is 1. The highest BCUT2D eigenvalue weighted by Crippen LogP contribution is 2.26. The summed E-state index contributed by atoms with van der Waals surface area (Å²) in [5.74, 6) is -0.122. The van der Waals surface area contributed by atoms with Crippen LogP contribution in [0.1, 0.15) is 5.01 Å². The molecule has 0 saturated heterocycles. The van der Waals surface area contributed by atoms with Gasteiger partial charge in [0.2, 0.25) is 5.96 Å². The number of rotatable bonds is 2. The van der Waals surface area contributed by atoms with Crippen molar-refractivity contribution in [3.8, 4) is 10.6 Å². The number of guanidine groups is 2. The number of aromatic nitrogens is 2. The number of aliphatic imine (C=N–C) groups is 2. The molecular formula is C11H13N7S. The van der Waals surface area contributed by atoms with Crippen LogP contribution >= 0.6 is 11.3 Å². The maximum atomic E-state index is 5.58. The van der Waals surface area contributed by atoms with Crippen LogP contribution in [0.3, 0.4) is 0 Å². The maximum absolute atomic E-state index is 5.58. The zero-order valence-electron chi connectivity index (χ0n) is 10.2. The van der Waals surface area contributed by atoms with E-state index in [1.807, 2.05) is 25.1 Å². The molecule has 1 aromatic heterocycles. The predicted octanol–water partition coefficient (Wildman–Crippen LogP) is 0.733. The summed E-state index contributed by atoms with van der Waals surface area (Å²) >= 11 is 1.51. The number of benzene rings is 1. The second kappa shape index (κ2) is 5.44. The van der Waals surface area contributed by atoms with E-state index in [4.69, 9.17) is 17.2 Å². The maximum Gasteiger partial charge on any atom is 0.223 e. The minimum atomic E-state index is -0.128. The van der Waals surface area contributed by atoms with Crippen molar-refractivity contribution in [1.29, 1.82) is 0 Å². The molecule has 0 aliphatic rings. The molecule has 8 heteroatoms. The summed E-state index contributed by atoms with van der Waals surface area (Å²) in [6.45, 7) is 1.90. The fourth-order valence-electron chi connectivity index (χ4n) is 1.41. The second-order valence-corrected chi connectivity index (χ2v) is 4.86. The zero-order chi connectivity index (χ0) is 13.8. The first-order valence-electron chi connectivity index (χ1n) is 5.39. The highest BCUT2D eigenvalue weighted by molar-refractivity contribution is 7.14. The van der Waals surface area contributed by atoms with E-state index >= 15 is 0 Å². The first-order valence-corrected chi connectivity index (χ1v) is 6.20. The molecule has 0 bridgehead atoms. The molecule has 7 nitrogen and oxygen atoms in total. The predicted molar refractivity (Wildman–Crippen MR) is 77.2 cm³/mol. The standard InChI is InChI=1S/C11H13N7S/c1-6-17-18-9(19-6)7-3-2-4-8(5-7)15-11(14)16-10(12)13/h2-5H,1H3,(H6,12,13,14,15,16). The Morgan fingerprint density at radius 1 is 1.21 bits per heavy atom. The third kappa shape index (κ3) is 3.49. The van der Waals surface area contributed by atoms with Crippen molar-refractivity contribution in [3.63, 3.8) is 0 Å². The van der Waals surface area contributed by atoms with E-state index in [0.717, 1.165) is 15.6 Å². The van der Waals surface area contributed by atoms with Crippen molar-refractivity contribution in [2.24, 2.45) is 27.2 Å². The van der Waals surface area contributed by atoms with E-state index in [2.05, 4.69) is 20.2 Å². The Morgan fingerprint density at radius 2 is 2.00 bits per heavy atom. The molecule has 0 aliphatic heterocycles. The van der Waals surface area contributed by atoms with Crippen molar-refractivity contribution in [2.45, 2.75) is 6.92 Å². The van der Waals surface area contributed by atoms with Crippen molar-refractivity contribution < 1.29 is 0 Å². The summed E-state index contributed by atoms with van der Waals surface area (Å²) in [4.78, 5) is 7.75. The average molecular weight is 275 g/mol. The summed E-state index contributed by atoms with van der Waals surface area (Å²) in [5, 5.41) is 9.79. The van der Waals surface area contributed by atoms with Crippen LogP contribution in [-0.4, -0.2) is 22.1 Å². The summed E-state index contributed by atoms with van der Waals surface area (Å²) in [6.07, 6.45) is 0. The normalized spacial score (nSPS) is 11.3. The van der Waals surface area contributed by atoms with Gasteiger partial charge in [-0.1, -0.05) is 23.5 Å². The van der Waals surface area contributed by atoms with Crippen molar-refractivity contribution in [2.75, 3.05) is 0 Å². The minimum Gasteiger partial charge on any atom is -0.370 e. The molecule has 1 aromatic carbocycles. The molecule has 98 valence electrons. The molecule has 19 heavy (non-hydrogen) atoms. The van der Waals surface area contributed by atoms with Crippen molar-refractivity contribution in [3.05, 3.63) is 29.3 Å². The number of nitrogens with two attached hydrogens (primary N) is 3. The van der Waals surface area contributed by atoms with E-state index in [0.29, 0.717) is 5.69 Å². The lowest BCUT2D eigenvalue weighted by Gasteiger charge is -1.99. The van der Waals surface area contributed by atoms with Gasteiger partial charge in [0.1, 0.15) is 10.0 Å². The monoisotopic (exact) mass is 275 g/mol. The largest absolute Gasteiger partial charge is 0.370 e. The van der Waals surface area contributed by atoms with E-state index in [9.17, 15) is 0 Å². The number of nitrogens with zero attached hydrogens (tertiary/aromatic N) is 4. The molecule has 0 atom stereocenters. The van der Waals surface area contributed by atoms with Gasteiger partial charge in [0.05, 0.1) is 5.69 Å². The lowest BCUT2D eigenvalue weighted by Crippen LogP contribution is -2.26. The van der Waals surface area contributed by atoms with Gasteiger partial charge in [-0.3, -0.25) is 0 Å². The average Bonchev–Trinajstić information content (AvgIpc) is 2.75. The van der Waals surface area contributed by atoms with Crippen LogP contribution in [0.5, 0.6) is 0 Å². The second-order valence-electron chi connectivity index (χ2n) is 3.68. The quantitative estimate of drug-likeness (QED) is 0.549. The number of hydrogen-bond acceptors (Lipinski definition) is 4. The Kier molecular flexibility index (Phi) is 3.71. The van der Waals surface area contributed by atoms with E-state index in [1.165, 1.54) is 11.3 Å². The third-order valence-electron chi connectivity index (χ3n) is 2.11. The zero-order valence-corrected chi connectivity index (χ0v) is 11.1. The molecule has 1 heterocycles. The Hall–Kier alpha value is -2.48. The molecule has 0 fully saturated rings. The SMILES string of the molecule is Cc1nnc(-c2cccc(N=C(N)N=C(N)N)c2)s1. The molecule has 0 spiro atoms. The van der Waals surface area contributed by atoms with Crippen LogP contribution in [0.2, 0.25) is 0 Å². The fraction of sp³-hybridized carbons (Fsp3) is 0.0909. The number of hydrogen-bond donors (Lipinski definition) is 3. The van der Waals surface area contributed by atoms with Crippen LogP contribution in [-0.2, 0) is 0 Å². The van der Waals surface area contributed by atoms with Gasteiger partial charge in [0, 0.05) is 5.56 Å². The Balaban J connectivity index is 2.32. The van der Waals surface area contributed by atoms with Gasteiger partial charge in [-0.2, -0.15) is 4.99 Å². The fourth-order valence-corrected chi connectivity index (χ4v) is 2.10. The highest BCUT2D eigenvalue weighted by atomic mass is 32.1. The van der Waals surface area contributed by atoms with Crippen LogP contribution in [0.4, 0.5) is 5.69 Å². The smallest absolute Gasteiger partial charge is 0.223 e. The molecule has 0 aliphatic carbocycles. The first-order chi connectivity index (χ1) is 9.04. The molecule has 6 N–H and O–H groups in total. The van der Waals surface area contributed by atoms with E-state index in [-0.39, 0.29) is 11.9 Å². The van der Waals surface area contributed by atoms with Gasteiger partial charge >= 0.3 is 0 Å². The van der Waals surface area contributed by atoms with Gasteiger partial charge in [0.25, 0.3) is 0 Å². The lowest BCUT2D eigenvalue weighted by atomic mass is 10.2. The molecule has 0 amide bonds. The van der Waals surface area contributed by atoms with Crippen LogP contribution in [0, 0.1) is 6.92 Å². The lowest BCUT2D eigenvalue weighted by molar-refractivity contribution is 1.05. The Labute approximate surface area is 113 Å². The van der Waals surface area contributed by atoms with Crippen molar-refractivity contribution in [1.82, 2.24) is 10.2 Å². The third-order valence-corrected chi connectivity index (χ3v) is 2.99.